The molecule has 0 saturated carbocycles. The van der Waals surface area contributed by atoms with Gasteiger partial charge in [-0.1, -0.05) is 13.8 Å². The number of aromatic carboxylic acids is 1. The van der Waals surface area contributed by atoms with Crippen LogP contribution in [0.4, 0.5) is 0 Å². The van der Waals surface area contributed by atoms with Crippen LogP contribution in [0.3, 0.4) is 0 Å². The van der Waals surface area contributed by atoms with Crippen LogP contribution in [0, 0.1) is 19.8 Å². The smallest absolute Gasteiger partial charge is 0.352 e. The summed E-state index contributed by atoms with van der Waals surface area (Å²) in [6.07, 6.45) is 0.903. The van der Waals surface area contributed by atoms with E-state index in [2.05, 4.69) is 24.1 Å². The standard InChI is InChI=1S/C13H20N2O3/c1-7(2)5-6-14-12(16)10-8(3)11(13(17)18)15-9(10)4/h7,15H,5-6H2,1-4H3,(H,14,16)(H,17,18). The second kappa shape index (κ2) is 5.71. The van der Waals surface area contributed by atoms with Crippen molar-refractivity contribution >= 4 is 11.9 Å². The summed E-state index contributed by atoms with van der Waals surface area (Å²) in [5.74, 6) is -0.737. The molecule has 0 spiro atoms. The Kier molecular flexibility index (Phi) is 4.53. The molecule has 0 fully saturated rings. The summed E-state index contributed by atoms with van der Waals surface area (Å²) in [5.41, 5.74) is 1.60. The van der Waals surface area contributed by atoms with Crippen molar-refractivity contribution in [3.63, 3.8) is 0 Å². The second-order valence-corrected chi connectivity index (χ2v) is 4.87. The Morgan fingerprint density at radius 2 is 1.94 bits per heavy atom. The zero-order chi connectivity index (χ0) is 13.9. The molecule has 5 nitrogen and oxygen atoms in total. The average molecular weight is 252 g/mol. The van der Waals surface area contributed by atoms with Crippen LogP contribution in [0.25, 0.3) is 0 Å². The zero-order valence-corrected chi connectivity index (χ0v) is 11.3. The number of carbonyl (C=O) groups excluding carboxylic acids is 1. The number of amides is 1. The molecular weight excluding hydrogens is 232 g/mol. The first-order chi connectivity index (χ1) is 8.34. The van der Waals surface area contributed by atoms with E-state index >= 15 is 0 Å². The molecule has 0 aliphatic heterocycles. The minimum atomic E-state index is -1.04. The Morgan fingerprint density at radius 1 is 1.33 bits per heavy atom. The van der Waals surface area contributed by atoms with Gasteiger partial charge in [-0.25, -0.2) is 4.79 Å². The molecule has 1 rings (SSSR count). The highest BCUT2D eigenvalue weighted by atomic mass is 16.4. The van der Waals surface area contributed by atoms with Crippen LogP contribution < -0.4 is 5.32 Å². The van der Waals surface area contributed by atoms with Crippen LogP contribution in [-0.2, 0) is 0 Å². The first-order valence-corrected chi connectivity index (χ1v) is 6.05. The third-order valence-electron chi connectivity index (χ3n) is 2.89. The number of nitrogens with one attached hydrogen (secondary N) is 2. The van der Waals surface area contributed by atoms with Gasteiger partial charge < -0.3 is 15.4 Å². The predicted molar refractivity (Wildman–Crippen MR) is 69.0 cm³/mol. The van der Waals surface area contributed by atoms with E-state index in [0.29, 0.717) is 29.3 Å². The molecule has 0 aliphatic rings. The van der Waals surface area contributed by atoms with E-state index in [1.54, 1.807) is 13.8 Å². The lowest BCUT2D eigenvalue weighted by Gasteiger charge is -2.07. The van der Waals surface area contributed by atoms with Crippen LogP contribution in [0.15, 0.2) is 0 Å². The van der Waals surface area contributed by atoms with E-state index in [1.807, 2.05) is 0 Å². The topological polar surface area (TPSA) is 82.2 Å². The molecule has 0 aromatic carbocycles. The van der Waals surface area contributed by atoms with Gasteiger partial charge in [-0.3, -0.25) is 4.79 Å². The molecule has 5 heteroatoms. The van der Waals surface area contributed by atoms with Crippen molar-refractivity contribution < 1.29 is 14.7 Å². The molecule has 1 aromatic heterocycles. The SMILES string of the molecule is Cc1[nH]c(C(=O)O)c(C)c1C(=O)NCCC(C)C. The Labute approximate surface area is 107 Å². The van der Waals surface area contributed by atoms with Gasteiger partial charge in [0.2, 0.25) is 0 Å². The number of hydrogen-bond acceptors (Lipinski definition) is 2. The summed E-state index contributed by atoms with van der Waals surface area (Å²) in [6, 6.07) is 0. The molecule has 0 atom stereocenters. The maximum atomic E-state index is 12.0. The van der Waals surface area contributed by atoms with Gasteiger partial charge in [-0.05, 0) is 31.7 Å². The van der Waals surface area contributed by atoms with Crippen LogP contribution in [0.2, 0.25) is 0 Å². The fraction of sp³-hybridized carbons (Fsp3) is 0.538. The molecule has 0 unspecified atom stereocenters. The van der Waals surface area contributed by atoms with Gasteiger partial charge in [0.15, 0.2) is 0 Å². The number of aromatic nitrogens is 1. The molecule has 1 amide bonds. The molecule has 3 N–H and O–H groups in total. The Bertz CT molecular complexity index is 461. The largest absolute Gasteiger partial charge is 0.477 e. The Balaban J connectivity index is 2.83. The Hall–Kier alpha value is -1.78. The third kappa shape index (κ3) is 3.12. The molecule has 100 valence electrons. The summed E-state index contributed by atoms with van der Waals surface area (Å²) >= 11 is 0. The minimum Gasteiger partial charge on any atom is -0.477 e. The number of H-pyrrole nitrogens is 1. The van der Waals surface area contributed by atoms with Gasteiger partial charge in [0.05, 0.1) is 5.56 Å². The number of carbonyl (C=O) groups is 2. The number of carboxylic acid groups (broad SMARTS) is 1. The van der Waals surface area contributed by atoms with Crippen molar-refractivity contribution in [1.82, 2.24) is 10.3 Å². The van der Waals surface area contributed by atoms with E-state index < -0.39 is 5.97 Å². The molecule has 18 heavy (non-hydrogen) atoms. The van der Waals surface area contributed by atoms with E-state index in [-0.39, 0.29) is 11.6 Å². The van der Waals surface area contributed by atoms with E-state index in [9.17, 15) is 9.59 Å². The van der Waals surface area contributed by atoms with Crippen LogP contribution >= 0.6 is 0 Å². The number of aryl methyl sites for hydroxylation is 1. The monoisotopic (exact) mass is 252 g/mol. The molecule has 0 aliphatic carbocycles. The minimum absolute atomic E-state index is 0.0847. The summed E-state index contributed by atoms with van der Waals surface area (Å²) in [7, 11) is 0. The van der Waals surface area contributed by atoms with Gasteiger partial charge in [0, 0.05) is 12.2 Å². The highest BCUT2D eigenvalue weighted by Crippen LogP contribution is 2.17. The first kappa shape index (κ1) is 14.3. The maximum Gasteiger partial charge on any atom is 0.352 e. The summed E-state index contributed by atoms with van der Waals surface area (Å²) in [5, 5.41) is 11.8. The fourth-order valence-corrected chi connectivity index (χ4v) is 1.87. The van der Waals surface area contributed by atoms with Crippen molar-refractivity contribution in [3.05, 3.63) is 22.5 Å². The Morgan fingerprint density at radius 3 is 2.39 bits per heavy atom. The molecule has 0 bridgehead atoms. The molecule has 1 heterocycles. The fourth-order valence-electron chi connectivity index (χ4n) is 1.87. The van der Waals surface area contributed by atoms with Crippen molar-refractivity contribution in [3.8, 4) is 0 Å². The lowest BCUT2D eigenvalue weighted by molar-refractivity contribution is 0.0690. The van der Waals surface area contributed by atoms with Gasteiger partial charge in [-0.2, -0.15) is 0 Å². The lowest BCUT2D eigenvalue weighted by Crippen LogP contribution is -2.26. The number of rotatable bonds is 5. The van der Waals surface area contributed by atoms with Crippen molar-refractivity contribution in [1.29, 1.82) is 0 Å². The number of aromatic amines is 1. The molecular formula is C13H20N2O3. The summed E-state index contributed by atoms with van der Waals surface area (Å²) < 4.78 is 0. The van der Waals surface area contributed by atoms with E-state index in [0.717, 1.165) is 6.42 Å². The van der Waals surface area contributed by atoms with Gasteiger partial charge >= 0.3 is 5.97 Å². The molecule has 1 aromatic rings. The van der Waals surface area contributed by atoms with Crippen LogP contribution in [-0.4, -0.2) is 28.5 Å². The quantitative estimate of drug-likeness (QED) is 0.750. The van der Waals surface area contributed by atoms with Gasteiger partial charge in [0.1, 0.15) is 5.69 Å². The predicted octanol–water partition coefficient (Wildman–Crippen LogP) is 2.11. The first-order valence-electron chi connectivity index (χ1n) is 6.05. The van der Waals surface area contributed by atoms with E-state index in [4.69, 9.17) is 5.11 Å². The zero-order valence-electron chi connectivity index (χ0n) is 11.3. The van der Waals surface area contributed by atoms with E-state index in [1.165, 1.54) is 0 Å². The van der Waals surface area contributed by atoms with Crippen molar-refractivity contribution in [2.24, 2.45) is 5.92 Å². The summed E-state index contributed by atoms with van der Waals surface area (Å²) in [6.45, 7) is 8.12. The van der Waals surface area contributed by atoms with Crippen molar-refractivity contribution in [2.75, 3.05) is 6.54 Å². The number of hydrogen-bond donors (Lipinski definition) is 3. The maximum absolute atomic E-state index is 12.0. The molecule has 0 radical (unpaired) electrons. The lowest BCUT2D eigenvalue weighted by atomic mass is 10.1. The third-order valence-corrected chi connectivity index (χ3v) is 2.89. The normalized spacial score (nSPS) is 10.7. The highest BCUT2D eigenvalue weighted by Gasteiger charge is 2.21. The van der Waals surface area contributed by atoms with Gasteiger partial charge in [-0.15, -0.1) is 0 Å². The second-order valence-electron chi connectivity index (χ2n) is 4.87. The average Bonchev–Trinajstić information content (AvgIpc) is 2.53. The molecule has 0 saturated heterocycles. The van der Waals surface area contributed by atoms with Crippen LogP contribution in [0.1, 0.15) is 52.4 Å². The summed E-state index contributed by atoms with van der Waals surface area (Å²) in [4.78, 5) is 25.7. The highest BCUT2D eigenvalue weighted by molar-refractivity contribution is 6.00. The van der Waals surface area contributed by atoms with Crippen LogP contribution in [0.5, 0.6) is 0 Å². The number of carboxylic acids is 1. The van der Waals surface area contributed by atoms with Gasteiger partial charge in [0.25, 0.3) is 5.91 Å². The van der Waals surface area contributed by atoms with Crippen molar-refractivity contribution in [2.45, 2.75) is 34.1 Å².